The predicted molar refractivity (Wildman–Crippen MR) is 86.4 cm³/mol. The van der Waals surface area contributed by atoms with Crippen LogP contribution in [0.2, 0.25) is 0 Å². The van der Waals surface area contributed by atoms with Crippen LogP contribution in [0.4, 0.5) is 5.69 Å². The van der Waals surface area contributed by atoms with Crippen LogP contribution in [0.1, 0.15) is 30.0 Å². The molecule has 3 nitrogen and oxygen atoms in total. The molecule has 4 rings (SSSR count). The number of benzene rings is 2. The van der Waals surface area contributed by atoms with E-state index >= 15 is 0 Å². The number of aryl methyl sites for hydroxylation is 1. The van der Waals surface area contributed by atoms with Crippen LogP contribution < -0.4 is 5.32 Å². The standard InChI is InChI=1S/C18H19N3/c1-12-2-4-13(5-3-12)18(14-6-7-14)20-16-9-8-15-11-19-21-17(15)10-16/h2-5,8-11,14,18,20H,6-7H2,1H3,(H,19,21). The van der Waals surface area contributed by atoms with Crippen molar-refractivity contribution in [2.24, 2.45) is 5.92 Å². The zero-order valence-corrected chi connectivity index (χ0v) is 12.1. The van der Waals surface area contributed by atoms with Gasteiger partial charge in [-0.2, -0.15) is 5.10 Å². The van der Waals surface area contributed by atoms with Crippen LogP contribution >= 0.6 is 0 Å². The number of aromatic nitrogens is 2. The van der Waals surface area contributed by atoms with Gasteiger partial charge in [-0.1, -0.05) is 29.8 Å². The zero-order chi connectivity index (χ0) is 14.2. The van der Waals surface area contributed by atoms with E-state index in [1.54, 1.807) is 0 Å². The molecular weight excluding hydrogens is 258 g/mol. The lowest BCUT2D eigenvalue weighted by Crippen LogP contribution is -2.12. The minimum Gasteiger partial charge on any atom is -0.378 e. The Morgan fingerprint density at radius 2 is 1.95 bits per heavy atom. The van der Waals surface area contributed by atoms with E-state index in [-0.39, 0.29) is 0 Å². The number of nitrogens with zero attached hydrogens (tertiary/aromatic N) is 1. The van der Waals surface area contributed by atoms with Crippen molar-refractivity contribution in [1.29, 1.82) is 0 Å². The summed E-state index contributed by atoms with van der Waals surface area (Å²) in [6.07, 6.45) is 4.49. The molecule has 1 heterocycles. The highest BCUT2D eigenvalue weighted by atomic mass is 15.1. The van der Waals surface area contributed by atoms with Gasteiger partial charge >= 0.3 is 0 Å². The van der Waals surface area contributed by atoms with Gasteiger partial charge in [0.25, 0.3) is 0 Å². The normalized spacial score (nSPS) is 16.0. The SMILES string of the molecule is Cc1ccc(C(Nc2ccc3cn[nH]c3c2)C2CC2)cc1. The molecule has 0 bridgehead atoms. The topological polar surface area (TPSA) is 40.7 Å². The molecule has 1 fully saturated rings. The molecule has 3 aromatic rings. The smallest absolute Gasteiger partial charge is 0.0670 e. The zero-order valence-electron chi connectivity index (χ0n) is 12.1. The summed E-state index contributed by atoms with van der Waals surface area (Å²) in [4.78, 5) is 0. The molecule has 1 saturated carbocycles. The van der Waals surface area contributed by atoms with Gasteiger partial charge in [0, 0.05) is 11.1 Å². The number of H-pyrrole nitrogens is 1. The fourth-order valence-electron chi connectivity index (χ4n) is 2.88. The van der Waals surface area contributed by atoms with Gasteiger partial charge in [-0.25, -0.2) is 0 Å². The number of rotatable bonds is 4. The summed E-state index contributed by atoms with van der Waals surface area (Å²) >= 11 is 0. The lowest BCUT2D eigenvalue weighted by Gasteiger charge is -2.20. The number of anilines is 1. The van der Waals surface area contributed by atoms with E-state index in [2.05, 4.69) is 64.9 Å². The van der Waals surface area contributed by atoms with Crippen molar-refractivity contribution in [2.45, 2.75) is 25.8 Å². The Hall–Kier alpha value is -2.29. The molecule has 2 N–H and O–H groups in total. The third-order valence-electron chi connectivity index (χ3n) is 4.29. The number of hydrogen-bond donors (Lipinski definition) is 2. The summed E-state index contributed by atoms with van der Waals surface area (Å²) in [6, 6.07) is 15.7. The minimum atomic E-state index is 0.408. The first kappa shape index (κ1) is 12.5. The van der Waals surface area contributed by atoms with Crippen LogP contribution in [-0.4, -0.2) is 10.2 Å². The summed E-state index contributed by atoms with van der Waals surface area (Å²) in [5.74, 6) is 0.755. The fourth-order valence-corrected chi connectivity index (χ4v) is 2.88. The Balaban J connectivity index is 1.63. The van der Waals surface area contributed by atoms with E-state index in [1.807, 2.05) is 6.20 Å². The van der Waals surface area contributed by atoms with Crippen molar-refractivity contribution in [3.63, 3.8) is 0 Å². The van der Waals surface area contributed by atoms with Gasteiger partial charge < -0.3 is 5.32 Å². The maximum atomic E-state index is 4.08. The Morgan fingerprint density at radius 3 is 2.71 bits per heavy atom. The summed E-state index contributed by atoms with van der Waals surface area (Å²) in [6.45, 7) is 2.13. The van der Waals surface area contributed by atoms with Gasteiger partial charge in [-0.05, 0) is 49.4 Å². The van der Waals surface area contributed by atoms with Gasteiger partial charge in [0.1, 0.15) is 0 Å². The van der Waals surface area contributed by atoms with Crippen LogP contribution in [0, 0.1) is 12.8 Å². The predicted octanol–water partition coefficient (Wildman–Crippen LogP) is 4.43. The Morgan fingerprint density at radius 1 is 1.14 bits per heavy atom. The molecule has 0 spiro atoms. The second kappa shape index (κ2) is 4.92. The van der Waals surface area contributed by atoms with Crippen molar-refractivity contribution in [1.82, 2.24) is 10.2 Å². The molecule has 0 aliphatic heterocycles. The van der Waals surface area contributed by atoms with Crippen molar-refractivity contribution in [3.8, 4) is 0 Å². The molecule has 1 unspecified atom stereocenters. The Labute approximate surface area is 124 Å². The molecule has 1 aromatic heterocycles. The molecule has 1 atom stereocenters. The first-order valence-electron chi connectivity index (χ1n) is 7.56. The molecule has 2 aromatic carbocycles. The maximum absolute atomic E-state index is 4.08. The lowest BCUT2D eigenvalue weighted by atomic mass is 10.0. The second-order valence-corrected chi connectivity index (χ2v) is 6.04. The third kappa shape index (κ3) is 2.51. The highest BCUT2D eigenvalue weighted by Gasteiger charge is 2.32. The monoisotopic (exact) mass is 277 g/mol. The Bertz CT molecular complexity index is 753. The van der Waals surface area contributed by atoms with Gasteiger partial charge in [0.05, 0.1) is 17.8 Å². The van der Waals surface area contributed by atoms with Crippen LogP contribution in [0.15, 0.2) is 48.7 Å². The van der Waals surface area contributed by atoms with E-state index in [9.17, 15) is 0 Å². The summed E-state index contributed by atoms with van der Waals surface area (Å²) in [7, 11) is 0. The highest BCUT2D eigenvalue weighted by Crippen LogP contribution is 2.43. The highest BCUT2D eigenvalue weighted by molar-refractivity contribution is 5.81. The van der Waals surface area contributed by atoms with E-state index in [0.29, 0.717) is 6.04 Å². The van der Waals surface area contributed by atoms with E-state index in [0.717, 1.165) is 22.5 Å². The molecule has 0 radical (unpaired) electrons. The third-order valence-corrected chi connectivity index (χ3v) is 4.29. The van der Waals surface area contributed by atoms with Crippen LogP contribution in [0.25, 0.3) is 10.9 Å². The number of fused-ring (bicyclic) bond motifs is 1. The minimum absolute atomic E-state index is 0.408. The fraction of sp³-hybridized carbons (Fsp3) is 0.278. The molecule has 3 heteroatoms. The van der Waals surface area contributed by atoms with Crippen molar-refractivity contribution < 1.29 is 0 Å². The Kier molecular flexibility index (Phi) is 2.92. The number of aromatic amines is 1. The molecule has 0 amide bonds. The van der Waals surface area contributed by atoms with Gasteiger partial charge in [-0.3, -0.25) is 5.10 Å². The molecule has 0 saturated heterocycles. The lowest BCUT2D eigenvalue weighted by molar-refractivity contribution is 0.679. The van der Waals surface area contributed by atoms with E-state index in [4.69, 9.17) is 0 Å². The van der Waals surface area contributed by atoms with Crippen LogP contribution in [-0.2, 0) is 0 Å². The van der Waals surface area contributed by atoms with Gasteiger partial charge in [0.2, 0.25) is 0 Å². The van der Waals surface area contributed by atoms with Crippen LogP contribution in [0.3, 0.4) is 0 Å². The van der Waals surface area contributed by atoms with Gasteiger partial charge in [0.15, 0.2) is 0 Å². The van der Waals surface area contributed by atoms with E-state index in [1.165, 1.54) is 24.0 Å². The quantitative estimate of drug-likeness (QED) is 0.740. The first-order valence-corrected chi connectivity index (χ1v) is 7.56. The van der Waals surface area contributed by atoms with Crippen molar-refractivity contribution >= 4 is 16.6 Å². The summed E-state index contributed by atoms with van der Waals surface area (Å²) < 4.78 is 0. The molecule has 1 aliphatic carbocycles. The number of nitrogens with one attached hydrogen (secondary N) is 2. The largest absolute Gasteiger partial charge is 0.378 e. The molecule has 21 heavy (non-hydrogen) atoms. The first-order chi connectivity index (χ1) is 10.3. The van der Waals surface area contributed by atoms with Crippen molar-refractivity contribution in [2.75, 3.05) is 5.32 Å². The van der Waals surface area contributed by atoms with Crippen molar-refractivity contribution in [3.05, 3.63) is 59.8 Å². The summed E-state index contributed by atoms with van der Waals surface area (Å²) in [5.41, 5.74) is 4.93. The second-order valence-electron chi connectivity index (χ2n) is 6.04. The molecule has 106 valence electrons. The number of hydrogen-bond acceptors (Lipinski definition) is 2. The molecular formula is C18H19N3. The maximum Gasteiger partial charge on any atom is 0.0670 e. The average molecular weight is 277 g/mol. The van der Waals surface area contributed by atoms with E-state index < -0.39 is 0 Å². The average Bonchev–Trinajstić information content (AvgIpc) is 3.23. The summed E-state index contributed by atoms with van der Waals surface area (Å²) in [5, 5.41) is 12.0. The van der Waals surface area contributed by atoms with Crippen LogP contribution in [0.5, 0.6) is 0 Å². The molecule has 1 aliphatic rings. The van der Waals surface area contributed by atoms with Gasteiger partial charge in [-0.15, -0.1) is 0 Å².